The van der Waals surface area contributed by atoms with Gasteiger partial charge in [-0.25, -0.2) is 4.98 Å². The molecule has 2 rings (SSSR count). The molecule has 1 fully saturated rings. The number of aromatic nitrogens is 1. The second kappa shape index (κ2) is 6.14. The molecule has 2 heterocycles. The molecule has 0 bridgehead atoms. The maximum atomic E-state index is 11.8. The molecule has 1 saturated heterocycles. The lowest BCUT2D eigenvalue weighted by atomic mass is 10.3. The third-order valence-electron chi connectivity index (χ3n) is 2.70. The first-order chi connectivity index (χ1) is 9.20. The Balaban J connectivity index is 1.93. The average molecular weight is 265 g/mol. The van der Waals surface area contributed by atoms with Crippen LogP contribution in [-0.4, -0.2) is 55.1 Å². The highest BCUT2D eigenvalue weighted by atomic mass is 16.5. The summed E-state index contributed by atoms with van der Waals surface area (Å²) in [5.74, 6) is -0.787. The highest BCUT2D eigenvalue weighted by Crippen LogP contribution is 2.11. The molecule has 1 N–H and O–H groups in total. The molecule has 0 aliphatic carbocycles. The van der Waals surface area contributed by atoms with Gasteiger partial charge in [-0.05, 0) is 6.07 Å². The molecule has 7 nitrogen and oxygen atoms in total. The zero-order valence-electron chi connectivity index (χ0n) is 10.6. The summed E-state index contributed by atoms with van der Waals surface area (Å²) in [7, 11) is 1.50. The summed E-state index contributed by atoms with van der Waals surface area (Å²) >= 11 is 0. The van der Waals surface area contributed by atoms with Gasteiger partial charge in [-0.2, -0.15) is 0 Å². The van der Waals surface area contributed by atoms with Crippen molar-refractivity contribution in [2.45, 2.75) is 0 Å². The van der Waals surface area contributed by atoms with Crippen molar-refractivity contribution < 1.29 is 19.1 Å². The standard InChI is InChI=1S/C12H15N3O4/c1-18-10-3-2-9(8-13-10)14-11(16)12(17)15-4-6-19-7-5-15/h2-3,8H,4-7H2,1H3,(H,14,16). The van der Waals surface area contributed by atoms with E-state index >= 15 is 0 Å². The summed E-state index contributed by atoms with van der Waals surface area (Å²) < 4.78 is 10.0. The molecular formula is C12H15N3O4. The number of rotatable bonds is 2. The molecule has 1 aliphatic heterocycles. The Morgan fingerprint density at radius 1 is 1.37 bits per heavy atom. The van der Waals surface area contributed by atoms with E-state index in [1.54, 1.807) is 12.1 Å². The fraction of sp³-hybridized carbons (Fsp3) is 0.417. The van der Waals surface area contributed by atoms with E-state index in [1.807, 2.05) is 0 Å². The van der Waals surface area contributed by atoms with Crippen molar-refractivity contribution in [3.05, 3.63) is 18.3 Å². The van der Waals surface area contributed by atoms with Crippen LogP contribution in [0.15, 0.2) is 18.3 Å². The van der Waals surface area contributed by atoms with Gasteiger partial charge in [0.1, 0.15) is 0 Å². The smallest absolute Gasteiger partial charge is 0.313 e. The number of nitrogens with zero attached hydrogens (tertiary/aromatic N) is 2. The van der Waals surface area contributed by atoms with Crippen LogP contribution in [0.25, 0.3) is 0 Å². The van der Waals surface area contributed by atoms with Gasteiger partial charge in [-0.1, -0.05) is 0 Å². The molecular weight excluding hydrogens is 250 g/mol. The normalized spacial score (nSPS) is 14.9. The number of hydrogen-bond donors (Lipinski definition) is 1. The van der Waals surface area contributed by atoms with E-state index in [9.17, 15) is 9.59 Å². The lowest BCUT2D eigenvalue weighted by Gasteiger charge is -2.26. The quantitative estimate of drug-likeness (QED) is 0.754. The van der Waals surface area contributed by atoms with Gasteiger partial charge in [-0.15, -0.1) is 0 Å². The summed E-state index contributed by atoms with van der Waals surface area (Å²) in [6, 6.07) is 3.23. The van der Waals surface area contributed by atoms with Gasteiger partial charge in [-0.3, -0.25) is 9.59 Å². The van der Waals surface area contributed by atoms with Crippen LogP contribution < -0.4 is 10.1 Å². The number of anilines is 1. The Morgan fingerprint density at radius 3 is 2.68 bits per heavy atom. The largest absolute Gasteiger partial charge is 0.481 e. The lowest BCUT2D eigenvalue weighted by Crippen LogP contribution is -2.45. The maximum absolute atomic E-state index is 11.8. The molecule has 1 aromatic rings. The Kier molecular flexibility index (Phi) is 4.30. The minimum atomic E-state index is -0.672. The molecule has 102 valence electrons. The zero-order valence-corrected chi connectivity index (χ0v) is 10.6. The van der Waals surface area contributed by atoms with E-state index < -0.39 is 11.8 Å². The predicted molar refractivity (Wildman–Crippen MR) is 66.8 cm³/mol. The molecule has 0 saturated carbocycles. The zero-order chi connectivity index (χ0) is 13.7. The molecule has 2 amide bonds. The number of carbonyl (C=O) groups excluding carboxylic acids is 2. The monoisotopic (exact) mass is 265 g/mol. The van der Waals surface area contributed by atoms with Gasteiger partial charge in [0.15, 0.2) is 0 Å². The second-order valence-electron chi connectivity index (χ2n) is 3.95. The van der Waals surface area contributed by atoms with E-state index in [1.165, 1.54) is 18.2 Å². The van der Waals surface area contributed by atoms with Crippen LogP contribution in [0.1, 0.15) is 0 Å². The van der Waals surface area contributed by atoms with E-state index in [2.05, 4.69) is 10.3 Å². The van der Waals surface area contributed by atoms with Crippen LogP contribution in [0.4, 0.5) is 5.69 Å². The molecule has 7 heteroatoms. The van der Waals surface area contributed by atoms with Crippen molar-refractivity contribution in [2.24, 2.45) is 0 Å². The minimum absolute atomic E-state index is 0.438. The van der Waals surface area contributed by atoms with Gasteiger partial charge in [0, 0.05) is 19.2 Å². The molecule has 0 radical (unpaired) electrons. The van der Waals surface area contributed by atoms with Crippen LogP contribution in [-0.2, 0) is 14.3 Å². The van der Waals surface area contributed by atoms with Gasteiger partial charge < -0.3 is 19.7 Å². The fourth-order valence-corrected chi connectivity index (χ4v) is 1.67. The van der Waals surface area contributed by atoms with E-state index in [4.69, 9.17) is 9.47 Å². The van der Waals surface area contributed by atoms with Gasteiger partial charge >= 0.3 is 11.8 Å². The molecule has 0 spiro atoms. The van der Waals surface area contributed by atoms with Crippen LogP contribution in [0.2, 0.25) is 0 Å². The summed E-state index contributed by atoms with van der Waals surface area (Å²) in [6.45, 7) is 1.80. The van der Waals surface area contributed by atoms with Crippen molar-refractivity contribution in [3.8, 4) is 5.88 Å². The van der Waals surface area contributed by atoms with E-state index in [0.29, 0.717) is 37.9 Å². The van der Waals surface area contributed by atoms with Crippen LogP contribution in [0.5, 0.6) is 5.88 Å². The molecule has 1 aromatic heterocycles. The van der Waals surface area contributed by atoms with Crippen LogP contribution in [0.3, 0.4) is 0 Å². The average Bonchev–Trinajstić information content (AvgIpc) is 2.48. The second-order valence-corrected chi connectivity index (χ2v) is 3.95. The molecule has 0 unspecified atom stereocenters. The summed E-state index contributed by atoms with van der Waals surface area (Å²) in [5, 5.41) is 2.50. The van der Waals surface area contributed by atoms with Crippen LogP contribution in [0, 0.1) is 0 Å². The maximum Gasteiger partial charge on any atom is 0.313 e. The number of nitrogens with one attached hydrogen (secondary N) is 1. The lowest BCUT2D eigenvalue weighted by molar-refractivity contribution is -0.145. The number of hydrogen-bond acceptors (Lipinski definition) is 5. The highest BCUT2D eigenvalue weighted by molar-refractivity contribution is 6.39. The van der Waals surface area contributed by atoms with E-state index in [0.717, 1.165) is 0 Å². The van der Waals surface area contributed by atoms with Crippen molar-refractivity contribution in [3.63, 3.8) is 0 Å². The SMILES string of the molecule is COc1ccc(NC(=O)C(=O)N2CCOCC2)cn1. The van der Waals surface area contributed by atoms with Crippen molar-refractivity contribution in [1.82, 2.24) is 9.88 Å². The Morgan fingerprint density at radius 2 is 2.11 bits per heavy atom. The minimum Gasteiger partial charge on any atom is -0.481 e. The topological polar surface area (TPSA) is 80.8 Å². The number of methoxy groups -OCH3 is 1. The van der Waals surface area contributed by atoms with Crippen molar-refractivity contribution in [1.29, 1.82) is 0 Å². The summed E-state index contributed by atoms with van der Waals surface area (Å²) in [4.78, 5) is 29.0. The van der Waals surface area contributed by atoms with Gasteiger partial charge in [0.2, 0.25) is 5.88 Å². The molecule has 0 aromatic carbocycles. The van der Waals surface area contributed by atoms with Gasteiger partial charge in [0.05, 0.1) is 32.2 Å². The first kappa shape index (κ1) is 13.3. The predicted octanol–water partition coefficient (Wildman–Crippen LogP) is -0.113. The Labute approximate surface area is 110 Å². The number of ether oxygens (including phenoxy) is 2. The third kappa shape index (κ3) is 3.41. The van der Waals surface area contributed by atoms with Crippen LogP contribution >= 0.6 is 0 Å². The highest BCUT2D eigenvalue weighted by Gasteiger charge is 2.23. The first-order valence-corrected chi connectivity index (χ1v) is 5.89. The Hall–Kier alpha value is -2.15. The molecule has 1 aliphatic rings. The number of carbonyl (C=O) groups is 2. The van der Waals surface area contributed by atoms with Gasteiger partial charge in [0.25, 0.3) is 0 Å². The van der Waals surface area contributed by atoms with Crippen molar-refractivity contribution >= 4 is 17.5 Å². The fourth-order valence-electron chi connectivity index (χ4n) is 1.67. The van der Waals surface area contributed by atoms with E-state index in [-0.39, 0.29) is 0 Å². The summed E-state index contributed by atoms with van der Waals surface area (Å²) in [6.07, 6.45) is 1.43. The molecule has 0 atom stereocenters. The van der Waals surface area contributed by atoms with Crippen molar-refractivity contribution in [2.75, 3.05) is 38.7 Å². The third-order valence-corrected chi connectivity index (χ3v) is 2.70. The molecule has 19 heavy (non-hydrogen) atoms. The first-order valence-electron chi connectivity index (χ1n) is 5.89. The number of pyridine rings is 1. The summed E-state index contributed by atoms with van der Waals surface area (Å²) in [5.41, 5.74) is 0.451. The number of amides is 2. The number of morpholine rings is 1. The Bertz CT molecular complexity index is 455.